The summed E-state index contributed by atoms with van der Waals surface area (Å²) in [6.45, 7) is 2.37. The van der Waals surface area contributed by atoms with Crippen molar-refractivity contribution in [2.24, 2.45) is 4.99 Å². The van der Waals surface area contributed by atoms with Crippen LogP contribution < -0.4 is 15.4 Å². The van der Waals surface area contributed by atoms with E-state index in [0.717, 1.165) is 31.0 Å². The molecule has 0 amide bonds. The minimum Gasteiger partial charge on any atom is -0.436 e. The van der Waals surface area contributed by atoms with Crippen molar-refractivity contribution in [1.82, 2.24) is 15.6 Å². The molecule has 3 rings (SSSR count). The van der Waals surface area contributed by atoms with Gasteiger partial charge in [-0.1, -0.05) is 12.1 Å². The molecule has 114 valence electrons. The highest BCUT2D eigenvalue weighted by Crippen LogP contribution is 2.22. The molecule has 2 aromatic rings. The summed E-state index contributed by atoms with van der Waals surface area (Å²) in [5, 5.41) is 6.42. The number of halogens is 1. The van der Waals surface area contributed by atoms with E-state index >= 15 is 0 Å². The molecule has 6 heteroatoms. The molecule has 0 unspecified atom stereocenters. The lowest BCUT2D eigenvalue weighted by Gasteiger charge is -2.16. The molecule has 0 spiro atoms. The Morgan fingerprint density at radius 2 is 2.18 bits per heavy atom. The van der Waals surface area contributed by atoms with Crippen LogP contribution in [0.3, 0.4) is 0 Å². The first-order valence-corrected chi connectivity index (χ1v) is 7.21. The summed E-state index contributed by atoms with van der Waals surface area (Å²) in [6.07, 6.45) is 2.70. The molecule has 5 nitrogen and oxygen atoms in total. The number of nitrogens with one attached hydrogen (secondary N) is 2. The highest BCUT2D eigenvalue weighted by atomic mass is 19.1. The van der Waals surface area contributed by atoms with Crippen LogP contribution in [0.25, 0.3) is 0 Å². The molecular weight excluding hydrogens is 283 g/mol. The first-order chi connectivity index (χ1) is 10.8. The molecule has 0 saturated carbocycles. The average molecular weight is 300 g/mol. The summed E-state index contributed by atoms with van der Waals surface area (Å²) in [5.74, 6) is 0.926. The van der Waals surface area contributed by atoms with Gasteiger partial charge in [-0.05, 0) is 30.2 Å². The third kappa shape index (κ3) is 3.72. The second-order valence-electron chi connectivity index (χ2n) is 4.90. The molecule has 0 radical (unpaired) electrons. The Bertz CT molecular complexity index is 675. The van der Waals surface area contributed by atoms with Crippen LogP contribution in [0.15, 0.2) is 47.6 Å². The molecule has 1 aromatic carbocycles. The van der Waals surface area contributed by atoms with E-state index in [0.29, 0.717) is 12.4 Å². The van der Waals surface area contributed by atoms with Crippen molar-refractivity contribution >= 4 is 5.96 Å². The Morgan fingerprint density at radius 3 is 3.00 bits per heavy atom. The maximum atomic E-state index is 13.6. The summed E-state index contributed by atoms with van der Waals surface area (Å²) in [4.78, 5) is 8.45. The predicted octanol–water partition coefficient (Wildman–Crippen LogP) is 2.45. The van der Waals surface area contributed by atoms with Gasteiger partial charge in [0.05, 0.1) is 0 Å². The number of ether oxygens (including phenoxy) is 1. The van der Waals surface area contributed by atoms with Crippen LogP contribution in [0.2, 0.25) is 0 Å². The van der Waals surface area contributed by atoms with Gasteiger partial charge in [-0.15, -0.1) is 0 Å². The van der Waals surface area contributed by atoms with Crippen LogP contribution in [0.1, 0.15) is 12.0 Å². The third-order valence-electron chi connectivity index (χ3n) is 3.21. The average Bonchev–Trinajstić information content (AvgIpc) is 2.57. The molecule has 1 aliphatic rings. The van der Waals surface area contributed by atoms with Gasteiger partial charge < -0.3 is 15.4 Å². The molecule has 0 bridgehead atoms. The zero-order valence-electron chi connectivity index (χ0n) is 12.1. The van der Waals surface area contributed by atoms with Crippen LogP contribution in [0, 0.1) is 5.82 Å². The normalized spacial score (nSPS) is 14.0. The predicted molar refractivity (Wildman–Crippen MR) is 82.5 cm³/mol. The number of hydrogen-bond donors (Lipinski definition) is 2. The number of nitrogens with zero attached hydrogens (tertiary/aromatic N) is 2. The fraction of sp³-hybridized carbons (Fsp3) is 0.250. The van der Waals surface area contributed by atoms with E-state index in [1.165, 1.54) is 6.07 Å². The van der Waals surface area contributed by atoms with E-state index in [2.05, 4.69) is 20.6 Å². The van der Waals surface area contributed by atoms with Gasteiger partial charge in [0, 0.05) is 31.9 Å². The SMILES string of the molecule is Fc1ccccc1Oc1cc(CNC2=NCCCN2)ccn1. The molecule has 0 atom stereocenters. The minimum absolute atomic E-state index is 0.165. The third-order valence-corrected chi connectivity index (χ3v) is 3.21. The monoisotopic (exact) mass is 300 g/mol. The van der Waals surface area contributed by atoms with E-state index in [-0.39, 0.29) is 5.75 Å². The maximum Gasteiger partial charge on any atom is 0.219 e. The standard InChI is InChI=1S/C16H17FN4O/c17-13-4-1-2-5-14(13)22-15-10-12(6-9-18-15)11-21-16-19-7-3-8-20-16/h1-2,4-6,9-10H,3,7-8,11H2,(H2,19,20,21). The summed E-state index contributed by atoms with van der Waals surface area (Å²) >= 11 is 0. The number of benzene rings is 1. The number of pyridine rings is 1. The largest absolute Gasteiger partial charge is 0.436 e. The molecule has 0 fully saturated rings. The zero-order chi connectivity index (χ0) is 15.2. The van der Waals surface area contributed by atoms with Crippen LogP contribution in [0.4, 0.5) is 4.39 Å². The molecule has 2 N–H and O–H groups in total. The van der Waals surface area contributed by atoms with Crippen molar-refractivity contribution in [1.29, 1.82) is 0 Å². The van der Waals surface area contributed by atoms with Gasteiger partial charge in [0.2, 0.25) is 5.88 Å². The van der Waals surface area contributed by atoms with Gasteiger partial charge in [0.15, 0.2) is 17.5 Å². The fourth-order valence-electron chi connectivity index (χ4n) is 2.09. The van der Waals surface area contributed by atoms with Gasteiger partial charge in [-0.2, -0.15) is 0 Å². The zero-order valence-corrected chi connectivity index (χ0v) is 12.1. The topological polar surface area (TPSA) is 58.5 Å². The summed E-state index contributed by atoms with van der Waals surface area (Å²) < 4.78 is 19.1. The number of guanidine groups is 1. The van der Waals surface area contributed by atoms with Gasteiger partial charge in [0.25, 0.3) is 0 Å². The Kier molecular flexibility index (Phi) is 4.48. The molecule has 0 saturated heterocycles. The molecule has 0 aliphatic carbocycles. The maximum absolute atomic E-state index is 13.6. The van der Waals surface area contributed by atoms with E-state index in [9.17, 15) is 4.39 Å². The second kappa shape index (κ2) is 6.89. The smallest absolute Gasteiger partial charge is 0.219 e. The van der Waals surface area contributed by atoms with Gasteiger partial charge in [0.1, 0.15) is 0 Å². The van der Waals surface area contributed by atoms with E-state index < -0.39 is 5.82 Å². The summed E-state index contributed by atoms with van der Waals surface area (Å²) in [7, 11) is 0. The van der Waals surface area contributed by atoms with Crippen molar-refractivity contribution < 1.29 is 9.13 Å². The minimum atomic E-state index is -0.409. The lowest BCUT2D eigenvalue weighted by Crippen LogP contribution is -2.40. The summed E-state index contributed by atoms with van der Waals surface area (Å²) in [5.41, 5.74) is 0.983. The number of rotatable bonds is 4. The lowest BCUT2D eigenvalue weighted by atomic mass is 10.2. The molecule has 1 aromatic heterocycles. The highest BCUT2D eigenvalue weighted by Gasteiger charge is 2.06. The highest BCUT2D eigenvalue weighted by molar-refractivity contribution is 5.80. The molecule has 2 heterocycles. The van der Waals surface area contributed by atoms with Crippen molar-refractivity contribution in [3.05, 3.63) is 54.0 Å². The van der Waals surface area contributed by atoms with E-state index in [4.69, 9.17) is 4.74 Å². The van der Waals surface area contributed by atoms with Crippen LogP contribution in [0.5, 0.6) is 11.6 Å². The van der Waals surface area contributed by atoms with Crippen molar-refractivity contribution in [2.75, 3.05) is 13.1 Å². The van der Waals surface area contributed by atoms with Crippen molar-refractivity contribution in [3.63, 3.8) is 0 Å². The number of hydrogen-bond acceptors (Lipinski definition) is 5. The Morgan fingerprint density at radius 1 is 1.27 bits per heavy atom. The van der Waals surface area contributed by atoms with E-state index in [1.807, 2.05) is 6.07 Å². The number of aliphatic imine (C=N–C) groups is 1. The van der Waals surface area contributed by atoms with Crippen molar-refractivity contribution in [3.8, 4) is 11.6 Å². The van der Waals surface area contributed by atoms with Gasteiger partial charge in [-0.25, -0.2) is 9.37 Å². The second-order valence-corrected chi connectivity index (χ2v) is 4.90. The summed E-state index contributed by atoms with van der Waals surface area (Å²) in [6, 6.07) is 9.92. The first-order valence-electron chi connectivity index (χ1n) is 7.21. The molecule has 22 heavy (non-hydrogen) atoms. The number of para-hydroxylation sites is 1. The molecular formula is C16H17FN4O. The van der Waals surface area contributed by atoms with Gasteiger partial charge in [-0.3, -0.25) is 4.99 Å². The number of aromatic nitrogens is 1. The fourth-order valence-corrected chi connectivity index (χ4v) is 2.09. The van der Waals surface area contributed by atoms with Gasteiger partial charge >= 0.3 is 0 Å². The molecule has 1 aliphatic heterocycles. The van der Waals surface area contributed by atoms with Crippen molar-refractivity contribution in [2.45, 2.75) is 13.0 Å². The van der Waals surface area contributed by atoms with Crippen LogP contribution in [-0.2, 0) is 6.54 Å². The first kappa shape index (κ1) is 14.3. The van der Waals surface area contributed by atoms with Crippen LogP contribution in [-0.4, -0.2) is 24.0 Å². The quantitative estimate of drug-likeness (QED) is 0.910. The lowest BCUT2D eigenvalue weighted by molar-refractivity contribution is 0.427. The van der Waals surface area contributed by atoms with E-state index in [1.54, 1.807) is 30.5 Å². The Balaban J connectivity index is 1.65. The Labute approximate surface area is 128 Å². The van der Waals surface area contributed by atoms with Crippen LogP contribution >= 0.6 is 0 Å². The Hall–Kier alpha value is -2.63.